The van der Waals surface area contributed by atoms with Crippen LogP contribution in [0.3, 0.4) is 0 Å². The number of para-hydroxylation sites is 1. The van der Waals surface area contributed by atoms with Gasteiger partial charge in [-0.3, -0.25) is 14.5 Å². The zero-order chi connectivity index (χ0) is 21.5. The lowest BCUT2D eigenvalue weighted by Crippen LogP contribution is -2.38. The van der Waals surface area contributed by atoms with Crippen LogP contribution in [-0.4, -0.2) is 55.2 Å². The first-order chi connectivity index (χ1) is 14.5. The fourth-order valence-corrected chi connectivity index (χ4v) is 3.76. The van der Waals surface area contributed by atoms with Crippen molar-refractivity contribution in [3.05, 3.63) is 54.6 Å². The van der Waals surface area contributed by atoms with E-state index in [1.54, 1.807) is 50.6 Å². The zero-order valence-corrected chi connectivity index (χ0v) is 17.9. The molecule has 1 N–H and O–H groups in total. The van der Waals surface area contributed by atoms with Crippen molar-refractivity contribution < 1.29 is 19.1 Å². The minimum absolute atomic E-state index is 0.00744. The van der Waals surface area contributed by atoms with Crippen LogP contribution in [0.25, 0.3) is 0 Å². The number of carbonyl (C=O) groups is 2. The monoisotopic (exact) mass is 427 g/mol. The number of rotatable bonds is 9. The quantitative estimate of drug-likeness (QED) is 0.490. The molecule has 2 amide bonds. The molecule has 8 heteroatoms. The van der Waals surface area contributed by atoms with Crippen LogP contribution in [0.5, 0.6) is 5.75 Å². The van der Waals surface area contributed by atoms with Crippen molar-refractivity contribution in [1.29, 1.82) is 0 Å². The molecule has 2 aromatic rings. The number of carbonyl (C=O) groups excluding carboxylic acids is 2. The van der Waals surface area contributed by atoms with Gasteiger partial charge in [0.2, 0.25) is 5.91 Å². The Morgan fingerprint density at radius 3 is 2.43 bits per heavy atom. The lowest BCUT2D eigenvalue weighted by Gasteiger charge is -2.23. The van der Waals surface area contributed by atoms with Crippen molar-refractivity contribution in [3.63, 3.8) is 0 Å². The average molecular weight is 428 g/mol. The summed E-state index contributed by atoms with van der Waals surface area (Å²) in [5.41, 5.74) is 1.34. The van der Waals surface area contributed by atoms with Crippen molar-refractivity contribution in [3.8, 4) is 5.75 Å². The Hall–Kier alpha value is -2.97. The van der Waals surface area contributed by atoms with Gasteiger partial charge in [0, 0.05) is 25.9 Å². The highest BCUT2D eigenvalue weighted by Gasteiger charge is 2.43. The van der Waals surface area contributed by atoms with Gasteiger partial charge in [-0.25, -0.2) is 0 Å². The molecule has 0 bridgehead atoms. The predicted molar refractivity (Wildman–Crippen MR) is 120 cm³/mol. The van der Waals surface area contributed by atoms with Gasteiger partial charge in [-0.05, 0) is 55.0 Å². The molecule has 0 radical (unpaired) electrons. The second-order valence-electron chi connectivity index (χ2n) is 6.83. The number of methoxy groups -OCH3 is 2. The first-order valence-electron chi connectivity index (χ1n) is 9.67. The maximum absolute atomic E-state index is 13.3. The van der Waals surface area contributed by atoms with E-state index in [2.05, 4.69) is 5.32 Å². The highest BCUT2D eigenvalue weighted by Crippen LogP contribution is 2.29. The van der Waals surface area contributed by atoms with Crippen LogP contribution in [0.4, 0.5) is 11.4 Å². The van der Waals surface area contributed by atoms with E-state index >= 15 is 0 Å². The summed E-state index contributed by atoms with van der Waals surface area (Å²) in [5.74, 6) is 0.230. The molecule has 1 atom stereocenters. The van der Waals surface area contributed by atoms with Gasteiger partial charge in [-0.1, -0.05) is 18.2 Å². The third-order valence-corrected chi connectivity index (χ3v) is 5.25. The SMILES string of the molecule is COCCCN1C(=S)N(c2ccc(OC)cc2)C(=O)C1CC(=O)Nc1ccccc1. The minimum atomic E-state index is -0.667. The summed E-state index contributed by atoms with van der Waals surface area (Å²) in [5, 5.41) is 3.23. The maximum atomic E-state index is 13.3. The molecule has 2 aromatic carbocycles. The summed E-state index contributed by atoms with van der Waals surface area (Å²) in [7, 11) is 3.21. The Labute approximate surface area is 181 Å². The minimum Gasteiger partial charge on any atom is -0.497 e. The number of thiocarbonyl (C=S) groups is 1. The van der Waals surface area contributed by atoms with Gasteiger partial charge >= 0.3 is 0 Å². The number of ether oxygens (including phenoxy) is 2. The second kappa shape index (κ2) is 10.2. The number of hydrogen-bond acceptors (Lipinski definition) is 5. The van der Waals surface area contributed by atoms with Gasteiger partial charge in [0.15, 0.2) is 5.11 Å². The molecule has 1 fully saturated rings. The van der Waals surface area contributed by atoms with Crippen molar-refractivity contribution in [2.24, 2.45) is 0 Å². The molecular weight excluding hydrogens is 402 g/mol. The van der Waals surface area contributed by atoms with E-state index in [0.717, 1.165) is 0 Å². The van der Waals surface area contributed by atoms with Gasteiger partial charge in [0.1, 0.15) is 11.8 Å². The summed E-state index contributed by atoms with van der Waals surface area (Å²) < 4.78 is 10.3. The van der Waals surface area contributed by atoms with Crippen LogP contribution < -0.4 is 15.0 Å². The highest BCUT2D eigenvalue weighted by atomic mass is 32.1. The standard InChI is InChI=1S/C22H25N3O4S/c1-28-14-6-13-24-19(15-20(26)23-16-7-4-3-5-8-16)21(27)25(22(24)30)17-9-11-18(29-2)12-10-17/h3-5,7-12,19H,6,13-15H2,1-2H3,(H,23,26). The molecule has 3 rings (SSSR count). The first kappa shape index (κ1) is 21.7. The number of anilines is 2. The number of nitrogens with zero attached hydrogens (tertiary/aromatic N) is 2. The van der Waals surface area contributed by atoms with E-state index < -0.39 is 6.04 Å². The van der Waals surface area contributed by atoms with Gasteiger partial charge < -0.3 is 19.7 Å². The maximum Gasteiger partial charge on any atom is 0.256 e. The summed E-state index contributed by atoms with van der Waals surface area (Å²) in [6, 6.07) is 15.6. The first-order valence-corrected chi connectivity index (χ1v) is 10.1. The molecule has 1 heterocycles. The largest absolute Gasteiger partial charge is 0.497 e. The Morgan fingerprint density at radius 1 is 1.10 bits per heavy atom. The van der Waals surface area contributed by atoms with Crippen LogP contribution in [0, 0.1) is 0 Å². The zero-order valence-electron chi connectivity index (χ0n) is 17.0. The molecule has 1 unspecified atom stereocenters. The van der Waals surface area contributed by atoms with Crippen LogP contribution in [-0.2, 0) is 14.3 Å². The van der Waals surface area contributed by atoms with Crippen molar-refractivity contribution >= 4 is 40.5 Å². The molecule has 0 aromatic heterocycles. The number of benzene rings is 2. The summed E-state index contributed by atoms with van der Waals surface area (Å²) in [6.07, 6.45) is 0.699. The fourth-order valence-electron chi connectivity index (χ4n) is 3.34. The van der Waals surface area contributed by atoms with Gasteiger partial charge in [0.05, 0.1) is 19.2 Å². The molecule has 1 aliphatic rings. The topological polar surface area (TPSA) is 71.1 Å². The molecule has 0 aliphatic carbocycles. The molecule has 30 heavy (non-hydrogen) atoms. The average Bonchev–Trinajstić information content (AvgIpc) is 2.98. The third-order valence-electron chi connectivity index (χ3n) is 4.83. The van der Waals surface area contributed by atoms with Crippen molar-refractivity contribution in [2.75, 3.05) is 37.6 Å². The van der Waals surface area contributed by atoms with Gasteiger partial charge in [-0.15, -0.1) is 0 Å². The summed E-state index contributed by atoms with van der Waals surface area (Å²) >= 11 is 5.62. The van der Waals surface area contributed by atoms with E-state index in [1.165, 1.54) is 4.90 Å². The fraction of sp³-hybridized carbons (Fsp3) is 0.318. The summed E-state index contributed by atoms with van der Waals surface area (Å²) in [4.78, 5) is 29.2. The predicted octanol–water partition coefficient (Wildman–Crippen LogP) is 3.06. The normalized spacial score (nSPS) is 16.1. The summed E-state index contributed by atoms with van der Waals surface area (Å²) in [6.45, 7) is 1.06. The molecular formula is C22H25N3O4S. The van der Waals surface area contributed by atoms with Crippen LogP contribution >= 0.6 is 12.2 Å². The number of nitrogens with one attached hydrogen (secondary N) is 1. The molecule has 0 spiro atoms. The van der Waals surface area contributed by atoms with E-state index in [-0.39, 0.29) is 18.2 Å². The number of amides is 2. The Morgan fingerprint density at radius 2 is 1.80 bits per heavy atom. The van der Waals surface area contributed by atoms with Crippen LogP contribution in [0.1, 0.15) is 12.8 Å². The smallest absolute Gasteiger partial charge is 0.256 e. The lowest BCUT2D eigenvalue weighted by atomic mass is 10.1. The second-order valence-corrected chi connectivity index (χ2v) is 7.19. The van der Waals surface area contributed by atoms with Crippen molar-refractivity contribution in [1.82, 2.24) is 4.90 Å². The lowest BCUT2D eigenvalue weighted by molar-refractivity contribution is -0.124. The Bertz CT molecular complexity index is 889. The molecule has 158 valence electrons. The molecule has 1 saturated heterocycles. The van der Waals surface area contributed by atoms with E-state index in [0.29, 0.717) is 41.8 Å². The van der Waals surface area contributed by atoms with Gasteiger partial charge in [-0.2, -0.15) is 0 Å². The van der Waals surface area contributed by atoms with E-state index in [4.69, 9.17) is 21.7 Å². The Kier molecular flexibility index (Phi) is 7.37. The molecule has 0 saturated carbocycles. The van der Waals surface area contributed by atoms with E-state index in [1.807, 2.05) is 23.1 Å². The number of hydrogen-bond donors (Lipinski definition) is 1. The third kappa shape index (κ3) is 4.95. The molecule has 1 aliphatic heterocycles. The van der Waals surface area contributed by atoms with E-state index in [9.17, 15) is 9.59 Å². The van der Waals surface area contributed by atoms with Crippen molar-refractivity contribution in [2.45, 2.75) is 18.9 Å². The Balaban J connectivity index is 1.79. The molecule has 7 nitrogen and oxygen atoms in total. The van der Waals surface area contributed by atoms with Crippen LogP contribution in [0.15, 0.2) is 54.6 Å². The van der Waals surface area contributed by atoms with Gasteiger partial charge in [0.25, 0.3) is 5.91 Å². The highest BCUT2D eigenvalue weighted by molar-refractivity contribution is 7.80. The van der Waals surface area contributed by atoms with Crippen LogP contribution in [0.2, 0.25) is 0 Å².